The Morgan fingerprint density at radius 3 is 3.10 bits per heavy atom. The normalized spacial score (nSPS) is 18.7. The van der Waals surface area contributed by atoms with Crippen LogP contribution in [0, 0.1) is 0 Å². The number of nitrogens with one attached hydrogen (secondary N) is 1. The van der Waals surface area contributed by atoms with Gasteiger partial charge in [-0.25, -0.2) is 0 Å². The van der Waals surface area contributed by atoms with E-state index in [4.69, 9.17) is 4.74 Å². The Kier molecular flexibility index (Phi) is 3.36. The molecule has 0 aliphatic carbocycles. The van der Waals surface area contributed by atoms with Crippen molar-refractivity contribution in [3.63, 3.8) is 0 Å². The first-order chi connectivity index (χ1) is 9.69. The van der Waals surface area contributed by atoms with Gasteiger partial charge in [0.2, 0.25) is 5.91 Å². The van der Waals surface area contributed by atoms with Crippen molar-refractivity contribution in [3.8, 4) is 5.75 Å². The Labute approximate surface area is 117 Å². The fourth-order valence-electron chi connectivity index (χ4n) is 2.77. The standard InChI is InChI=1S/C15H18N2O3/c1-20-13-4-2-3-12-15(13)10(8-16-12)7-14(19)17-6-5-11(18)9-17/h2-4,8,11,16,18H,5-7,9H2,1H3/t11-/m1/s1. The fraction of sp³-hybridized carbons (Fsp3) is 0.400. The van der Waals surface area contributed by atoms with E-state index < -0.39 is 0 Å². The average Bonchev–Trinajstić information content (AvgIpc) is 3.05. The van der Waals surface area contributed by atoms with E-state index in [1.165, 1.54) is 0 Å². The van der Waals surface area contributed by atoms with Gasteiger partial charge in [-0.05, 0) is 24.1 Å². The number of likely N-dealkylation sites (tertiary alicyclic amines) is 1. The molecule has 0 unspecified atom stereocenters. The third-order valence-corrected chi connectivity index (χ3v) is 3.83. The lowest BCUT2D eigenvalue weighted by molar-refractivity contribution is -0.129. The minimum absolute atomic E-state index is 0.0494. The number of methoxy groups -OCH3 is 1. The van der Waals surface area contributed by atoms with Gasteiger partial charge in [0, 0.05) is 30.2 Å². The van der Waals surface area contributed by atoms with Crippen LogP contribution in [0.4, 0.5) is 0 Å². The molecule has 5 nitrogen and oxygen atoms in total. The van der Waals surface area contributed by atoms with Gasteiger partial charge in [0.15, 0.2) is 0 Å². The van der Waals surface area contributed by atoms with Gasteiger partial charge in [0.1, 0.15) is 5.75 Å². The van der Waals surface area contributed by atoms with Gasteiger partial charge < -0.3 is 19.7 Å². The van der Waals surface area contributed by atoms with Gasteiger partial charge in [0.05, 0.1) is 19.6 Å². The van der Waals surface area contributed by atoms with Crippen molar-refractivity contribution in [2.75, 3.05) is 20.2 Å². The van der Waals surface area contributed by atoms with Crippen LogP contribution in [0.1, 0.15) is 12.0 Å². The second-order valence-corrected chi connectivity index (χ2v) is 5.16. The number of aromatic nitrogens is 1. The molecule has 20 heavy (non-hydrogen) atoms. The molecule has 1 aliphatic rings. The zero-order valence-corrected chi connectivity index (χ0v) is 11.4. The van der Waals surface area contributed by atoms with E-state index in [-0.39, 0.29) is 12.0 Å². The minimum atomic E-state index is -0.378. The first-order valence-electron chi connectivity index (χ1n) is 6.78. The van der Waals surface area contributed by atoms with Crippen LogP contribution in [0.3, 0.4) is 0 Å². The van der Waals surface area contributed by atoms with Crippen molar-refractivity contribution in [2.45, 2.75) is 18.9 Å². The van der Waals surface area contributed by atoms with Crippen LogP contribution in [0.5, 0.6) is 5.75 Å². The van der Waals surface area contributed by atoms with Crippen molar-refractivity contribution < 1.29 is 14.6 Å². The molecule has 0 bridgehead atoms. The minimum Gasteiger partial charge on any atom is -0.496 e. The predicted molar refractivity (Wildman–Crippen MR) is 75.8 cm³/mol. The second-order valence-electron chi connectivity index (χ2n) is 5.16. The maximum Gasteiger partial charge on any atom is 0.227 e. The zero-order valence-electron chi connectivity index (χ0n) is 11.4. The fourth-order valence-corrected chi connectivity index (χ4v) is 2.77. The molecule has 1 atom stereocenters. The van der Waals surface area contributed by atoms with E-state index in [0.717, 1.165) is 22.2 Å². The van der Waals surface area contributed by atoms with Gasteiger partial charge in [-0.3, -0.25) is 4.79 Å². The van der Waals surface area contributed by atoms with Crippen molar-refractivity contribution >= 4 is 16.8 Å². The number of nitrogens with zero attached hydrogens (tertiary/aromatic N) is 1. The van der Waals surface area contributed by atoms with Gasteiger partial charge in [0.25, 0.3) is 0 Å². The predicted octanol–water partition coefficient (Wildman–Crippen LogP) is 1.31. The quantitative estimate of drug-likeness (QED) is 0.887. The number of H-pyrrole nitrogens is 1. The number of fused-ring (bicyclic) bond motifs is 1. The number of aliphatic hydroxyl groups excluding tert-OH is 1. The van der Waals surface area contributed by atoms with Crippen LogP contribution < -0.4 is 4.74 Å². The highest BCUT2D eigenvalue weighted by Gasteiger charge is 2.25. The molecule has 0 spiro atoms. The summed E-state index contributed by atoms with van der Waals surface area (Å²) >= 11 is 0. The molecule has 0 radical (unpaired) electrons. The molecule has 1 aliphatic heterocycles. The highest BCUT2D eigenvalue weighted by atomic mass is 16.5. The molecule has 2 aromatic rings. The molecule has 0 saturated carbocycles. The number of ether oxygens (including phenoxy) is 1. The van der Waals surface area contributed by atoms with E-state index in [1.54, 1.807) is 12.0 Å². The van der Waals surface area contributed by atoms with Crippen molar-refractivity contribution in [2.24, 2.45) is 0 Å². The van der Waals surface area contributed by atoms with E-state index in [1.807, 2.05) is 24.4 Å². The molecule has 2 heterocycles. The average molecular weight is 274 g/mol. The first-order valence-corrected chi connectivity index (χ1v) is 6.78. The molecule has 1 aromatic carbocycles. The Morgan fingerprint density at radius 2 is 2.40 bits per heavy atom. The van der Waals surface area contributed by atoms with Crippen LogP contribution >= 0.6 is 0 Å². The van der Waals surface area contributed by atoms with E-state index >= 15 is 0 Å². The molecular weight excluding hydrogens is 256 g/mol. The number of aliphatic hydroxyl groups is 1. The maximum atomic E-state index is 12.3. The van der Waals surface area contributed by atoms with Crippen LogP contribution in [-0.4, -0.2) is 47.2 Å². The maximum absolute atomic E-state index is 12.3. The van der Waals surface area contributed by atoms with Crippen LogP contribution in [0.2, 0.25) is 0 Å². The molecule has 3 rings (SSSR count). The number of carbonyl (C=O) groups is 1. The van der Waals surface area contributed by atoms with Crippen molar-refractivity contribution in [3.05, 3.63) is 30.0 Å². The third kappa shape index (κ3) is 2.25. The molecule has 5 heteroatoms. The topological polar surface area (TPSA) is 65.6 Å². The molecule has 1 fully saturated rings. The molecule has 106 valence electrons. The highest BCUT2D eigenvalue weighted by Crippen LogP contribution is 2.29. The Balaban J connectivity index is 1.86. The lowest BCUT2D eigenvalue weighted by Crippen LogP contribution is -2.30. The summed E-state index contributed by atoms with van der Waals surface area (Å²) in [4.78, 5) is 17.2. The molecule has 1 aromatic heterocycles. The van der Waals surface area contributed by atoms with Crippen LogP contribution in [-0.2, 0) is 11.2 Å². The van der Waals surface area contributed by atoms with Gasteiger partial charge >= 0.3 is 0 Å². The molecule has 1 saturated heterocycles. The summed E-state index contributed by atoms with van der Waals surface area (Å²) in [5.74, 6) is 0.821. The van der Waals surface area contributed by atoms with Crippen molar-refractivity contribution in [1.82, 2.24) is 9.88 Å². The Morgan fingerprint density at radius 1 is 1.55 bits per heavy atom. The third-order valence-electron chi connectivity index (χ3n) is 3.83. The number of amides is 1. The summed E-state index contributed by atoms with van der Waals surface area (Å²) in [7, 11) is 1.63. The number of hydrogen-bond donors (Lipinski definition) is 2. The largest absolute Gasteiger partial charge is 0.496 e. The Hall–Kier alpha value is -2.01. The van der Waals surface area contributed by atoms with E-state index in [0.29, 0.717) is 25.9 Å². The number of rotatable bonds is 3. The number of carbonyl (C=O) groups excluding carboxylic acids is 1. The highest BCUT2D eigenvalue weighted by molar-refractivity contribution is 5.93. The summed E-state index contributed by atoms with van der Waals surface area (Å²) in [6, 6.07) is 5.77. The lowest BCUT2D eigenvalue weighted by atomic mass is 10.1. The monoisotopic (exact) mass is 274 g/mol. The van der Waals surface area contributed by atoms with Crippen molar-refractivity contribution in [1.29, 1.82) is 0 Å². The summed E-state index contributed by atoms with van der Waals surface area (Å²) in [5.41, 5.74) is 1.90. The number of benzene rings is 1. The Bertz CT molecular complexity index is 635. The summed E-state index contributed by atoms with van der Waals surface area (Å²) < 4.78 is 5.37. The number of hydrogen-bond acceptors (Lipinski definition) is 3. The number of aromatic amines is 1. The first kappa shape index (κ1) is 13.0. The molecular formula is C15H18N2O3. The van der Waals surface area contributed by atoms with Gasteiger partial charge in [-0.15, -0.1) is 0 Å². The summed E-state index contributed by atoms with van der Waals surface area (Å²) in [6.07, 6.45) is 2.48. The summed E-state index contributed by atoms with van der Waals surface area (Å²) in [6.45, 7) is 1.08. The number of β-amino-alcohol motifs (C(OH)–C–C–N with tert-alkyl or cyclic N) is 1. The summed E-state index contributed by atoms with van der Waals surface area (Å²) in [5, 5.41) is 10.5. The van der Waals surface area contributed by atoms with Crippen LogP contribution in [0.15, 0.2) is 24.4 Å². The second kappa shape index (κ2) is 5.17. The van der Waals surface area contributed by atoms with E-state index in [9.17, 15) is 9.90 Å². The van der Waals surface area contributed by atoms with E-state index in [2.05, 4.69) is 4.98 Å². The zero-order chi connectivity index (χ0) is 14.1. The lowest BCUT2D eigenvalue weighted by Gasteiger charge is -2.15. The molecule has 2 N–H and O–H groups in total. The van der Waals surface area contributed by atoms with Gasteiger partial charge in [-0.2, -0.15) is 0 Å². The van der Waals surface area contributed by atoms with Gasteiger partial charge in [-0.1, -0.05) is 6.07 Å². The smallest absolute Gasteiger partial charge is 0.227 e. The van der Waals surface area contributed by atoms with Crippen LogP contribution in [0.25, 0.3) is 10.9 Å². The SMILES string of the molecule is COc1cccc2[nH]cc(CC(=O)N3CC[C@@H](O)C3)c12. The molecule has 1 amide bonds.